The number of ether oxygens (including phenoxy) is 2. The Balaban J connectivity index is 1.36. The third kappa shape index (κ3) is 7.47. The number of amidine groups is 1. The molecular weight excluding hydrogens is 546 g/mol. The number of benzene rings is 4. The number of nitrogens with zero attached hydrogens (tertiary/aromatic N) is 2. The van der Waals surface area contributed by atoms with E-state index in [4.69, 9.17) is 14.5 Å². The molecule has 8 heteroatoms. The molecule has 1 aliphatic heterocycles. The quantitative estimate of drug-likeness (QED) is 0.201. The van der Waals surface area contributed by atoms with Crippen LogP contribution >= 0.6 is 11.8 Å². The van der Waals surface area contributed by atoms with E-state index in [9.17, 15) is 9.59 Å². The second-order valence-electron chi connectivity index (χ2n) is 9.56. The fourth-order valence-electron chi connectivity index (χ4n) is 4.24. The molecule has 1 N–H and O–H groups in total. The lowest BCUT2D eigenvalue weighted by Gasteiger charge is -2.15. The number of para-hydroxylation sites is 1. The molecule has 0 bridgehead atoms. The van der Waals surface area contributed by atoms with Gasteiger partial charge in [-0.2, -0.15) is 0 Å². The number of carbonyl (C=O) groups is 2. The molecule has 0 aliphatic carbocycles. The normalized spacial score (nSPS) is 14.8. The summed E-state index contributed by atoms with van der Waals surface area (Å²) < 4.78 is 11.6. The zero-order valence-electron chi connectivity index (χ0n) is 23.4. The van der Waals surface area contributed by atoms with E-state index in [0.29, 0.717) is 40.4 Å². The molecule has 42 heavy (non-hydrogen) atoms. The standard InChI is InChI=1S/C34H31N3O4S/c1-3-40-30-20-26(16-19-29(30)41-23-32(38)35-27-12-8-5-9-13-27)21-31-33(39)37(22-25-10-6-4-7-11-25)34(42-31)36-28-17-14-24(2)15-18-28/h4-21H,3,22-23H2,1-2H3,(H,35,38)/b31-21+,36-34?. The van der Waals surface area contributed by atoms with Crippen molar-refractivity contribution in [3.8, 4) is 11.5 Å². The molecule has 0 atom stereocenters. The number of aryl methyl sites for hydroxylation is 1. The summed E-state index contributed by atoms with van der Waals surface area (Å²) in [5, 5.41) is 3.42. The number of nitrogens with one attached hydrogen (secondary N) is 1. The molecule has 0 radical (unpaired) electrons. The van der Waals surface area contributed by atoms with Gasteiger partial charge >= 0.3 is 0 Å². The molecule has 7 nitrogen and oxygen atoms in total. The summed E-state index contributed by atoms with van der Waals surface area (Å²) in [6.45, 7) is 4.56. The van der Waals surface area contributed by atoms with E-state index in [1.54, 1.807) is 11.0 Å². The molecule has 0 saturated carbocycles. The van der Waals surface area contributed by atoms with Crippen molar-refractivity contribution < 1.29 is 19.1 Å². The van der Waals surface area contributed by atoms with Crippen molar-refractivity contribution in [3.63, 3.8) is 0 Å². The average molecular weight is 578 g/mol. The van der Waals surface area contributed by atoms with E-state index >= 15 is 0 Å². The van der Waals surface area contributed by atoms with E-state index in [-0.39, 0.29) is 18.4 Å². The lowest BCUT2D eigenvalue weighted by molar-refractivity contribution is -0.122. The first kappa shape index (κ1) is 28.7. The first-order chi connectivity index (χ1) is 20.5. The zero-order valence-corrected chi connectivity index (χ0v) is 24.3. The first-order valence-corrected chi connectivity index (χ1v) is 14.5. The monoisotopic (exact) mass is 577 g/mol. The van der Waals surface area contributed by atoms with Crippen molar-refractivity contribution >= 4 is 46.2 Å². The summed E-state index contributed by atoms with van der Waals surface area (Å²) in [5.41, 5.74) is 4.41. The van der Waals surface area contributed by atoms with Crippen molar-refractivity contribution in [2.45, 2.75) is 20.4 Å². The second kappa shape index (κ2) is 13.7. The number of aliphatic imine (C=N–C) groups is 1. The van der Waals surface area contributed by atoms with Gasteiger partial charge in [0.05, 0.1) is 23.7 Å². The van der Waals surface area contributed by atoms with Crippen LogP contribution in [-0.2, 0) is 16.1 Å². The molecular formula is C34H31N3O4S. The highest BCUT2D eigenvalue weighted by atomic mass is 32.2. The van der Waals surface area contributed by atoms with E-state index in [1.165, 1.54) is 11.8 Å². The summed E-state index contributed by atoms with van der Waals surface area (Å²) in [7, 11) is 0. The molecule has 1 heterocycles. The van der Waals surface area contributed by atoms with Crippen molar-refractivity contribution in [1.82, 2.24) is 4.90 Å². The lowest BCUT2D eigenvalue weighted by atomic mass is 10.1. The van der Waals surface area contributed by atoms with Gasteiger partial charge < -0.3 is 14.8 Å². The van der Waals surface area contributed by atoms with Crippen LogP contribution in [0.1, 0.15) is 23.6 Å². The van der Waals surface area contributed by atoms with Gasteiger partial charge in [0.25, 0.3) is 11.8 Å². The molecule has 1 saturated heterocycles. The lowest BCUT2D eigenvalue weighted by Crippen LogP contribution is -2.28. The molecule has 4 aromatic carbocycles. The third-order valence-electron chi connectivity index (χ3n) is 6.31. The van der Waals surface area contributed by atoms with Crippen LogP contribution in [-0.4, -0.2) is 35.1 Å². The average Bonchev–Trinajstić information content (AvgIpc) is 3.28. The Morgan fingerprint density at radius 2 is 1.62 bits per heavy atom. The number of thioether (sulfide) groups is 1. The Labute approximate surface area is 249 Å². The summed E-state index contributed by atoms with van der Waals surface area (Å²) in [6, 6.07) is 32.4. The van der Waals surface area contributed by atoms with Crippen LogP contribution in [0.2, 0.25) is 0 Å². The summed E-state index contributed by atoms with van der Waals surface area (Å²) in [4.78, 5) is 33.1. The zero-order chi connectivity index (χ0) is 29.3. The molecule has 0 aromatic heterocycles. The Morgan fingerprint density at radius 3 is 2.33 bits per heavy atom. The maximum absolute atomic E-state index is 13.6. The van der Waals surface area contributed by atoms with Gasteiger partial charge in [-0.05, 0) is 79.2 Å². The van der Waals surface area contributed by atoms with Crippen LogP contribution in [0.5, 0.6) is 11.5 Å². The fraction of sp³-hybridized carbons (Fsp3) is 0.147. The van der Waals surface area contributed by atoms with E-state index in [1.807, 2.05) is 117 Å². The molecule has 0 spiro atoms. The topological polar surface area (TPSA) is 80.2 Å². The smallest absolute Gasteiger partial charge is 0.267 e. The van der Waals surface area contributed by atoms with Gasteiger partial charge in [0.15, 0.2) is 23.3 Å². The molecule has 1 aliphatic rings. The van der Waals surface area contributed by atoms with Crippen molar-refractivity contribution in [2.75, 3.05) is 18.5 Å². The Morgan fingerprint density at radius 1 is 0.905 bits per heavy atom. The van der Waals surface area contributed by atoms with Crippen molar-refractivity contribution in [3.05, 3.63) is 125 Å². The van der Waals surface area contributed by atoms with E-state index in [2.05, 4.69) is 5.32 Å². The number of hydrogen-bond donors (Lipinski definition) is 1. The molecule has 212 valence electrons. The maximum atomic E-state index is 13.6. The SMILES string of the molecule is CCOc1cc(/C=C2/SC(=Nc3ccc(C)cc3)N(Cc3ccccc3)C2=O)ccc1OCC(=O)Nc1ccccc1. The molecule has 4 aromatic rings. The van der Waals surface area contributed by atoms with Crippen molar-refractivity contribution in [2.24, 2.45) is 4.99 Å². The predicted molar refractivity (Wildman–Crippen MR) is 169 cm³/mol. The Bertz CT molecular complexity index is 1600. The van der Waals surface area contributed by atoms with Crippen LogP contribution in [0.4, 0.5) is 11.4 Å². The van der Waals surface area contributed by atoms with Crippen LogP contribution in [0, 0.1) is 6.92 Å². The predicted octanol–water partition coefficient (Wildman–Crippen LogP) is 7.22. The van der Waals surface area contributed by atoms with Gasteiger partial charge in [-0.25, -0.2) is 4.99 Å². The van der Waals surface area contributed by atoms with E-state index < -0.39 is 0 Å². The summed E-state index contributed by atoms with van der Waals surface area (Å²) in [6.07, 6.45) is 1.83. The number of rotatable bonds is 10. The molecule has 0 unspecified atom stereocenters. The van der Waals surface area contributed by atoms with Gasteiger partial charge in [0, 0.05) is 5.69 Å². The maximum Gasteiger partial charge on any atom is 0.267 e. The number of hydrogen-bond acceptors (Lipinski definition) is 6. The fourth-order valence-corrected chi connectivity index (χ4v) is 5.24. The van der Waals surface area contributed by atoms with Gasteiger partial charge in [-0.15, -0.1) is 0 Å². The van der Waals surface area contributed by atoms with Crippen LogP contribution < -0.4 is 14.8 Å². The first-order valence-electron chi connectivity index (χ1n) is 13.6. The van der Waals surface area contributed by atoms with Gasteiger partial charge in [-0.1, -0.05) is 72.3 Å². The molecule has 1 fully saturated rings. The number of amides is 2. The van der Waals surface area contributed by atoms with Gasteiger partial charge in [0.1, 0.15) is 0 Å². The minimum absolute atomic E-state index is 0.120. The summed E-state index contributed by atoms with van der Waals surface area (Å²) >= 11 is 1.34. The van der Waals surface area contributed by atoms with Gasteiger partial charge in [-0.3, -0.25) is 14.5 Å². The Kier molecular flexibility index (Phi) is 9.36. The van der Waals surface area contributed by atoms with Crippen LogP contribution in [0.15, 0.2) is 113 Å². The molecule has 5 rings (SSSR count). The molecule has 2 amide bonds. The Hall–Kier alpha value is -4.82. The number of carbonyl (C=O) groups excluding carboxylic acids is 2. The van der Waals surface area contributed by atoms with Crippen LogP contribution in [0.25, 0.3) is 6.08 Å². The van der Waals surface area contributed by atoms with Crippen LogP contribution in [0.3, 0.4) is 0 Å². The highest BCUT2D eigenvalue weighted by Crippen LogP contribution is 2.37. The minimum atomic E-state index is -0.276. The highest BCUT2D eigenvalue weighted by molar-refractivity contribution is 8.18. The van der Waals surface area contributed by atoms with Crippen molar-refractivity contribution in [1.29, 1.82) is 0 Å². The second-order valence-corrected chi connectivity index (χ2v) is 10.6. The number of anilines is 1. The van der Waals surface area contributed by atoms with Gasteiger partial charge in [0.2, 0.25) is 0 Å². The third-order valence-corrected chi connectivity index (χ3v) is 7.32. The van der Waals surface area contributed by atoms with E-state index in [0.717, 1.165) is 22.4 Å². The highest BCUT2D eigenvalue weighted by Gasteiger charge is 2.33. The minimum Gasteiger partial charge on any atom is -0.490 e. The largest absolute Gasteiger partial charge is 0.490 e. The summed E-state index contributed by atoms with van der Waals surface area (Å²) in [5.74, 6) is 0.539.